The molecule has 0 aliphatic carbocycles. The molecule has 0 unspecified atom stereocenters. The Morgan fingerprint density at radius 1 is 1.29 bits per heavy atom. The van der Waals surface area contributed by atoms with Crippen molar-refractivity contribution in [3.05, 3.63) is 29.8 Å². The van der Waals surface area contributed by atoms with Gasteiger partial charge in [0.1, 0.15) is 0 Å². The first-order chi connectivity index (χ1) is 6.81. The first kappa shape index (κ1) is 18.4. The van der Waals surface area contributed by atoms with Crippen LogP contribution in [0.15, 0.2) is 29.3 Å². The van der Waals surface area contributed by atoms with E-state index in [4.69, 9.17) is 0 Å². The van der Waals surface area contributed by atoms with Gasteiger partial charge in [-0.2, -0.15) is 0 Å². The van der Waals surface area contributed by atoms with E-state index in [-0.39, 0.29) is 43.3 Å². The molecule has 0 spiro atoms. The van der Waals surface area contributed by atoms with Crippen LogP contribution in [0.1, 0.15) is 5.56 Å². The van der Waals surface area contributed by atoms with Crippen LogP contribution in [-0.2, 0) is 6.54 Å². The van der Waals surface area contributed by atoms with Crippen molar-refractivity contribution in [2.24, 2.45) is 4.99 Å². The van der Waals surface area contributed by atoms with Crippen molar-refractivity contribution < 1.29 is 4.79 Å². The van der Waals surface area contributed by atoms with E-state index in [0.717, 1.165) is 11.3 Å². The summed E-state index contributed by atoms with van der Waals surface area (Å²) in [5, 5.41) is 2.56. The third-order valence-corrected chi connectivity index (χ3v) is 2.14. The Morgan fingerprint density at radius 3 is 2.59 bits per heavy atom. The summed E-state index contributed by atoms with van der Waals surface area (Å²) in [6.45, 7) is 0.583. The van der Waals surface area contributed by atoms with Crippen LogP contribution in [0.2, 0.25) is 0 Å². The van der Waals surface area contributed by atoms with Crippen LogP contribution >= 0.6 is 37.2 Å². The van der Waals surface area contributed by atoms with Crippen molar-refractivity contribution >= 4 is 55.3 Å². The fourth-order valence-electron chi connectivity index (χ4n) is 1.39. The predicted molar refractivity (Wildman–Crippen MR) is 76.3 cm³/mol. The number of carbonyl (C=O) groups is 1. The number of rotatable bonds is 0. The molecule has 1 aromatic rings. The number of halogens is 3. The standard InChI is InChI=1S/C10H11N3O.3ClH/c1-11-10(14)13-6-8-4-2-3-5-9(8)12-7-13;;;/h2-5,7H,6H2,1H3,(H,11,14);3*1H. The summed E-state index contributed by atoms with van der Waals surface area (Å²) in [6.07, 6.45) is 1.56. The Bertz CT molecular complexity index is 398. The minimum absolute atomic E-state index is 0. The monoisotopic (exact) mass is 297 g/mol. The second kappa shape index (κ2) is 8.17. The molecule has 17 heavy (non-hydrogen) atoms. The zero-order chi connectivity index (χ0) is 9.97. The molecule has 2 amide bonds. The molecule has 1 aliphatic rings. The Balaban J connectivity index is 0. The van der Waals surface area contributed by atoms with Crippen molar-refractivity contribution in [3.63, 3.8) is 0 Å². The van der Waals surface area contributed by atoms with Crippen LogP contribution in [0, 0.1) is 0 Å². The maximum Gasteiger partial charge on any atom is 0.322 e. The number of urea groups is 1. The molecular formula is C10H14Cl3N3O. The van der Waals surface area contributed by atoms with Gasteiger partial charge < -0.3 is 5.32 Å². The minimum Gasteiger partial charge on any atom is -0.341 e. The van der Waals surface area contributed by atoms with Crippen LogP contribution in [0.3, 0.4) is 0 Å². The van der Waals surface area contributed by atoms with E-state index in [9.17, 15) is 4.79 Å². The Morgan fingerprint density at radius 2 is 1.94 bits per heavy atom. The lowest BCUT2D eigenvalue weighted by Crippen LogP contribution is -2.37. The van der Waals surface area contributed by atoms with Gasteiger partial charge in [0.05, 0.1) is 18.6 Å². The number of fused-ring (bicyclic) bond motifs is 1. The van der Waals surface area contributed by atoms with E-state index in [0.29, 0.717) is 6.54 Å². The molecule has 0 atom stereocenters. The molecular weight excluding hydrogens is 284 g/mol. The number of nitrogens with zero attached hydrogens (tertiary/aromatic N) is 2. The molecule has 7 heteroatoms. The molecule has 1 aromatic carbocycles. The number of hydrogen-bond donors (Lipinski definition) is 1. The first-order valence-corrected chi connectivity index (χ1v) is 4.41. The maximum atomic E-state index is 11.3. The van der Waals surface area contributed by atoms with E-state index in [1.165, 1.54) is 0 Å². The maximum absolute atomic E-state index is 11.3. The molecule has 0 bridgehead atoms. The fourth-order valence-corrected chi connectivity index (χ4v) is 1.39. The summed E-state index contributed by atoms with van der Waals surface area (Å²) in [4.78, 5) is 17.0. The second-order valence-electron chi connectivity index (χ2n) is 3.06. The highest BCUT2D eigenvalue weighted by molar-refractivity contribution is 5.88. The number of amides is 2. The van der Waals surface area contributed by atoms with Gasteiger partial charge in [-0.1, -0.05) is 18.2 Å². The lowest BCUT2D eigenvalue weighted by Gasteiger charge is -2.21. The summed E-state index contributed by atoms with van der Waals surface area (Å²) in [5.41, 5.74) is 2.01. The van der Waals surface area contributed by atoms with Gasteiger partial charge in [-0.05, 0) is 11.6 Å². The largest absolute Gasteiger partial charge is 0.341 e. The van der Waals surface area contributed by atoms with Crippen molar-refractivity contribution in [3.8, 4) is 0 Å². The number of para-hydroxylation sites is 1. The fraction of sp³-hybridized carbons (Fsp3) is 0.200. The molecule has 0 fully saturated rings. The third-order valence-electron chi connectivity index (χ3n) is 2.14. The molecule has 0 radical (unpaired) electrons. The molecule has 0 aromatic heterocycles. The van der Waals surface area contributed by atoms with Gasteiger partial charge in [0.2, 0.25) is 0 Å². The Kier molecular flexibility index (Phi) is 8.84. The van der Waals surface area contributed by atoms with Crippen molar-refractivity contribution in [1.29, 1.82) is 0 Å². The lowest BCUT2D eigenvalue weighted by molar-refractivity contribution is 0.222. The first-order valence-electron chi connectivity index (χ1n) is 4.41. The Labute approximate surface area is 119 Å². The van der Waals surface area contributed by atoms with Gasteiger partial charge in [0, 0.05) is 7.05 Å². The number of aliphatic imine (C=N–C) groups is 1. The van der Waals surface area contributed by atoms with Crippen molar-refractivity contribution in [2.75, 3.05) is 7.05 Å². The van der Waals surface area contributed by atoms with Crippen LogP contribution < -0.4 is 5.32 Å². The van der Waals surface area contributed by atoms with E-state index in [2.05, 4.69) is 10.3 Å². The van der Waals surface area contributed by atoms with E-state index >= 15 is 0 Å². The minimum atomic E-state index is -0.136. The highest BCUT2D eigenvalue weighted by Crippen LogP contribution is 2.22. The van der Waals surface area contributed by atoms with Crippen LogP contribution in [0.25, 0.3) is 0 Å². The summed E-state index contributed by atoms with van der Waals surface area (Å²) < 4.78 is 0. The van der Waals surface area contributed by atoms with Crippen LogP contribution in [0.4, 0.5) is 10.5 Å². The highest BCUT2D eigenvalue weighted by Gasteiger charge is 2.15. The second-order valence-corrected chi connectivity index (χ2v) is 3.06. The lowest BCUT2D eigenvalue weighted by atomic mass is 10.1. The van der Waals surface area contributed by atoms with E-state index < -0.39 is 0 Å². The summed E-state index contributed by atoms with van der Waals surface area (Å²) >= 11 is 0. The topological polar surface area (TPSA) is 44.7 Å². The number of nitrogens with one attached hydrogen (secondary N) is 1. The van der Waals surface area contributed by atoms with Crippen molar-refractivity contribution in [1.82, 2.24) is 10.2 Å². The predicted octanol–water partition coefficient (Wildman–Crippen LogP) is 2.77. The average molecular weight is 299 g/mol. The average Bonchev–Trinajstić information content (AvgIpc) is 2.27. The molecule has 1 heterocycles. The van der Waals surface area contributed by atoms with Crippen molar-refractivity contribution in [2.45, 2.75) is 6.54 Å². The van der Waals surface area contributed by atoms with Gasteiger partial charge in [-0.25, -0.2) is 9.79 Å². The van der Waals surface area contributed by atoms with Gasteiger partial charge >= 0.3 is 6.03 Å². The van der Waals surface area contributed by atoms with Gasteiger partial charge in [-0.15, -0.1) is 37.2 Å². The highest BCUT2D eigenvalue weighted by atomic mass is 35.5. The molecule has 96 valence electrons. The molecule has 0 saturated heterocycles. The Hall–Kier alpha value is -0.970. The quantitative estimate of drug-likeness (QED) is 0.786. The number of carbonyl (C=O) groups excluding carboxylic acids is 1. The molecule has 0 saturated carbocycles. The molecule has 1 N–H and O–H groups in total. The van der Waals surface area contributed by atoms with Gasteiger partial charge in [0.15, 0.2) is 0 Å². The number of hydrogen-bond acceptors (Lipinski definition) is 2. The SMILES string of the molecule is CNC(=O)N1C=Nc2ccccc2C1.Cl.Cl.Cl. The number of benzene rings is 1. The summed E-state index contributed by atoms with van der Waals surface area (Å²) in [6, 6.07) is 7.66. The van der Waals surface area contributed by atoms with E-state index in [1.807, 2.05) is 24.3 Å². The third kappa shape index (κ3) is 4.07. The molecule has 1 aliphatic heterocycles. The van der Waals surface area contributed by atoms with E-state index in [1.54, 1.807) is 18.3 Å². The smallest absolute Gasteiger partial charge is 0.322 e. The zero-order valence-electron chi connectivity index (χ0n) is 9.12. The zero-order valence-corrected chi connectivity index (χ0v) is 11.6. The molecule has 4 nitrogen and oxygen atoms in total. The summed E-state index contributed by atoms with van der Waals surface area (Å²) in [7, 11) is 1.61. The normalized spacial score (nSPS) is 11.2. The van der Waals surface area contributed by atoms with Gasteiger partial charge in [0.25, 0.3) is 0 Å². The molecule has 2 rings (SSSR count). The van der Waals surface area contributed by atoms with Gasteiger partial charge in [-0.3, -0.25) is 4.90 Å². The van der Waals surface area contributed by atoms with Crippen LogP contribution in [0.5, 0.6) is 0 Å². The van der Waals surface area contributed by atoms with Crippen LogP contribution in [-0.4, -0.2) is 24.3 Å². The summed E-state index contributed by atoms with van der Waals surface area (Å²) in [5.74, 6) is 0.